The number of amides is 1. The Morgan fingerprint density at radius 2 is 1.97 bits per heavy atom. The van der Waals surface area contributed by atoms with E-state index in [0.717, 1.165) is 5.56 Å². The summed E-state index contributed by atoms with van der Waals surface area (Å²) in [5, 5.41) is 11.1. The lowest BCUT2D eigenvalue weighted by atomic mass is 10.1. The van der Waals surface area contributed by atoms with Crippen molar-refractivity contribution in [2.24, 2.45) is 0 Å². The van der Waals surface area contributed by atoms with Gasteiger partial charge >= 0.3 is 5.97 Å². The van der Waals surface area contributed by atoms with Gasteiger partial charge < -0.3 is 29.4 Å². The van der Waals surface area contributed by atoms with Crippen LogP contribution in [0.25, 0.3) is 6.08 Å². The molecule has 2 N–H and O–H groups in total. The number of nitrogens with one attached hydrogen (secondary N) is 1. The van der Waals surface area contributed by atoms with Gasteiger partial charge in [-0.2, -0.15) is 0 Å². The van der Waals surface area contributed by atoms with Crippen molar-refractivity contribution in [2.75, 3.05) is 13.4 Å². The standard InChI is InChI=1S/C21H17NO8/c1-11(21(25)26)22-19(23)9-27-13-3-4-14-16(8-13)30-18(20(14)24)7-12-2-5-15-17(6-12)29-10-28-15/h2-8,11H,9-10H2,1H3,(H,22,23)(H,25,26)/b18-7-/t11-/m1/s1. The van der Waals surface area contributed by atoms with Gasteiger partial charge in [-0.25, -0.2) is 0 Å². The second-order valence-corrected chi connectivity index (χ2v) is 6.63. The summed E-state index contributed by atoms with van der Waals surface area (Å²) in [7, 11) is 0. The van der Waals surface area contributed by atoms with Crippen LogP contribution in [-0.2, 0) is 9.59 Å². The van der Waals surface area contributed by atoms with Crippen LogP contribution in [0.15, 0.2) is 42.2 Å². The molecule has 0 spiro atoms. The molecule has 2 aliphatic rings. The number of fused-ring (bicyclic) bond motifs is 2. The van der Waals surface area contributed by atoms with E-state index in [1.54, 1.807) is 30.3 Å². The van der Waals surface area contributed by atoms with E-state index in [2.05, 4.69) is 5.32 Å². The monoisotopic (exact) mass is 411 g/mol. The molecule has 30 heavy (non-hydrogen) atoms. The molecule has 9 nitrogen and oxygen atoms in total. The Labute approximate surface area is 170 Å². The van der Waals surface area contributed by atoms with Gasteiger partial charge in [-0.1, -0.05) is 6.07 Å². The van der Waals surface area contributed by atoms with Gasteiger partial charge in [-0.05, 0) is 42.8 Å². The lowest BCUT2D eigenvalue weighted by Gasteiger charge is -2.10. The third-order valence-corrected chi connectivity index (χ3v) is 4.45. The van der Waals surface area contributed by atoms with Crippen LogP contribution >= 0.6 is 0 Å². The smallest absolute Gasteiger partial charge is 0.325 e. The van der Waals surface area contributed by atoms with Gasteiger partial charge in [0.1, 0.15) is 17.5 Å². The van der Waals surface area contributed by atoms with Crippen LogP contribution in [0.1, 0.15) is 22.8 Å². The minimum Gasteiger partial charge on any atom is -0.484 e. The van der Waals surface area contributed by atoms with Crippen molar-refractivity contribution in [1.29, 1.82) is 0 Å². The average Bonchev–Trinajstić information content (AvgIpc) is 3.30. The first-order valence-electron chi connectivity index (χ1n) is 9.03. The molecule has 0 saturated heterocycles. The Balaban J connectivity index is 1.43. The summed E-state index contributed by atoms with van der Waals surface area (Å²) in [6.45, 7) is 1.14. The van der Waals surface area contributed by atoms with Gasteiger partial charge in [0.2, 0.25) is 12.6 Å². The fourth-order valence-electron chi connectivity index (χ4n) is 2.91. The van der Waals surface area contributed by atoms with E-state index in [1.165, 1.54) is 19.1 Å². The van der Waals surface area contributed by atoms with Crippen molar-refractivity contribution >= 4 is 23.7 Å². The second kappa shape index (κ2) is 7.78. The maximum absolute atomic E-state index is 12.6. The number of benzene rings is 2. The highest BCUT2D eigenvalue weighted by atomic mass is 16.7. The number of aliphatic carboxylic acids is 1. The average molecular weight is 411 g/mol. The molecule has 2 heterocycles. The van der Waals surface area contributed by atoms with Crippen LogP contribution in [0.3, 0.4) is 0 Å². The van der Waals surface area contributed by atoms with Gasteiger partial charge in [0.25, 0.3) is 5.91 Å². The molecular formula is C21H17NO8. The predicted molar refractivity (Wildman–Crippen MR) is 103 cm³/mol. The molecule has 1 atom stereocenters. The number of hydrogen-bond acceptors (Lipinski definition) is 7. The SMILES string of the molecule is C[C@@H](NC(=O)COc1ccc2c(c1)O/C(=C\c1ccc3c(c1)OCO3)C2=O)C(=O)O. The van der Waals surface area contributed by atoms with Gasteiger partial charge in [-0.3, -0.25) is 14.4 Å². The van der Waals surface area contributed by atoms with Crippen LogP contribution in [0.5, 0.6) is 23.0 Å². The highest BCUT2D eigenvalue weighted by Crippen LogP contribution is 2.37. The number of rotatable bonds is 6. The molecule has 2 aromatic rings. The van der Waals surface area contributed by atoms with Crippen molar-refractivity contribution in [3.8, 4) is 23.0 Å². The first kappa shape index (κ1) is 19.3. The van der Waals surface area contributed by atoms with Crippen molar-refractivity contribution in [3.05, 3.63) is 53.3 Å². The van der Waals surface area contributed by atoms with Crippen LogP contribution in [0.4, 0.5) is 0 Å². The minimum atomic E-state index is -1.14. The minimum absolute atomic E-state index is 0.147. The largest absolute Gasteiger partial charge is 0.484 e. The van der Waals surface area contributed by atoms with Crippen LogP contribution in [0, 0.1) is 0 Å². The summed E-state index contributed by atoms with van der Waals surface area (Å²) in [5.41, 5.74) is 1.09. The van der Waals surface area contributed by atoms with Crippen molar-refractivity contribution in [2.45, 2.75) is 13.0 Å². The van der Waals surface area contributed by atoms with E-state index < -0.39 is 17.9 Å². The fourth-order valence-corrected chi connectivity index (χ4v) is 2.91. The number of carbonyl (C=O) groups is 3. The lowest BCUT2D eigenvalue weighted by molar-refractivity contribution is -0.141. The molecule has 0 bridgehead atoms. The number of carbonyl (C=O) groups excluding carboxylic acids is 2. The number of ether oxygens (including phenoxy) is 4. The van der Waals surface area contributed by atoms with Gasteiger partial charge in [0.15, 0.2) is 23.9 Å². The number of Topliss-reactive ketones (excluding diaryl/α,β-unsaturated/α-hetero) is 1. The van der Waals surface area contributed by atoms with E-state index in [1.807, 2.05) is 0 Å². The summed E-state index contributed by atoms with van der Waals surface area (Å²) in [6.07, 6.45) is 1.60. The quantitative estimate of drug-likeness (QED) is 0.693. The summed E-state index contributed by atoms with van der Waals surface area (Å²) in [4.78, 5) is 35.1. The van der Waals surface area contributed by atoms with E-state index in [-0.39, 0.29) is 24.9 Å². The maximum Gasteiger partial charge on any atom is 0.325 e. The fraction of sp³-hybridized carbons (Fsp3) is 0.190. The maximum atomic E-state index is 12.6. The zero-order valence-corrected chi connectivity index (χ0v) is 15.8. The third kappa shape index (κ3) is 3.90. The van der Waals surface area contributed by atoms with Crippen molar-refractivity contribution < 1.29 is 38.4 Å². The Morgan fingerprint density at radius 1 is 1.17 bits per heavy atom. The molecule has 4 rings (SSSR count). The third-order valence-electron chi connectivity index (χ3n) is 4.45. The zero-order valence-electron chi connectivity index (χ0n) is 15.8. The Kier molecular flexibility index (Phi) is 5.01. The number of carboxylic acids is 1. The molecular weight excluding hydrogens is 394 g/mol. The van der Waals surface area contributed by atoms with Crippen LogP contribution < -0.4 is 24.3 Å². The molecule has 0 unspecified atom stereocenters. The summed E-state index contributed by atoms with van der Waals surface area (Å²) in [6, 6.07) is 8.85. The molecule has 0 aliphatic carbocycles. The summed E-state index contributed by atoms with van der Waals surface area (Å²) in [5.74, 6) is 0.00520. The zero-order chi connectivity index (χ0) is 21.3. The first-order valence-corrected chi connectivity index (χ1v) is 9.03. The van der Waals surface area contributed by atoms with Crippen LogP contribution in [0.2, 0.25) is 0 Å². The first-order chi connectivity index (χ1) is 14.4. The number of hydrogen-bond donors (Lipinski definition) is 2. The van der Waals surface area contributed by atoms with Gasteiger partial charge in [0.05, 0.1) is 5.56 Å². The Hall–Kier alpha value is -4.01. The molecule has 0 radical (unpaired) electrons. The van der Waals surface area contributed by atoms with E-state index >= 15 is 0 Å². The molecule has 154 valence electrons. The molecule has 0 fully saturated rings. The van der Waals surface area contributed by atoms with Gasteiger partial charge in [-0.15, -0.1) is 0 Å². The topological polar surface area (TPSA) is 120 Å². The highest BCUT2D eigenvalue weighted by Gasteiger charge is 2.28. The van der Waals surface area contributed by atoms with Gasteiger partial charge in [0, 0.05) is 6.07 Å². The Morgan fingerprint density at radius 3 is 2.77 bits per heavy atom. The lowest BCUT2D eigenvalue weighted by Crippen LogP contribution is -2.40. The van der Waals surface area contributed by atoms with E-state index in [4.69, 9.17) is 24.1 Å². The molecule has 0 aromatic heterocycles. The number of carboxylic acid groups (broad SMARTS) is 1. The van der Waals surface area contributed by atoms with E-state index in [9.17, 15) is 14.4 Å². The highest BCUT2D eigenvalue weighted by molar-refractivity contribution is 6.14. The number of allylic oxidation sites excluding steroid dienone is 1. The molecule has 2 aliphatic heterocycles. The summed E-state index contributed by atoms with van der Waals surface area (Å²) >= 11 is 0. The molecule has 9 heteroatoms. The summed E-state index contributed by atoms with van der Waals surface area (Å²) < 4.78 is 21.6. The number of ketones is 1. The predicted octanol–water partition coefficient (Wildman–Crippen LogP) is 2.00. The molecule has 0 saturated carbocycles. The molecule has 2 aromatic carbocycles. The Bertz CT molecular complexity index is 1070. The van der Waals surface area contributed by atoms with Crippen molar-refractivity contribution in [1.82, 2.24) is 5.32 Å². The van der Waals surface area contributed by atoms with Crippen molar-refractivity contribution in [3.63, 3.8) is 0 Å². The van der Waals surface area contributed by atoms with Crippen LogP contribution in [-0.4, -0.2) is 42.2 Å². The normalized spacial score (nSPS) is 16.0. The molecule has 1 amide bonds. The second-order valence-electron chi connectivity index (χ2n) is 6.63. The van der Waals surface area contributed by atoms with E-state index in [0.29, 0.717) is 28.6 Å².